The van der Waals surface area contributed by atoms with Crippen molar-refractivity contribution in [3.8, 4) is 6.07 Å². The molecule has 0 aliphatic heterocycles. The zero-order chi connectivity index (χ0) is 20.3. The molecule has 0 saturated heterocycles. The molecule has 0 radical (unpaired) electrons. The highest BCUT2D eigenvalue weighted by Gasteiger charge is 2.15. The molecule has 3 aromatic rings. The quantitative estimate of drug-likeness (QED) is 0.516. The molecule has 0 spiro atoms. The molecule has 0 aliphatic rings. The van der Waals surface area contributed by atoms with Crippen LogP contribution < -0.4 is 16.4 Å². The number of rotatable bonds is 4. The molecule has 0 unspecified atom stereocenters. The number of nitrogens with zero attached hydrogens (tertiary/aromatic N) is 1. The molecule has 4 N–H and O–H groups in total. The van der Waals surface area contributed by atoms with Crippen LogP contribution in [0, 0.1) is 25.2 Å². The molecule has 0 atom stereocenters. The van der Waals surface area contributed by atoms with Gasteiger partial charge in [0.1, 0.15) is 11.6 Å². The van der Waals surface area contributed by atoms with Gasteiger partial charge in [0.25, 0.3) is 11.5 Å². The van der Waals surface area contributed by atoms with Crippen molar-refractivity contribution in [2.75, 3.05) is 0 Å². The molecule has 1 aromatic carbocycles. The smallest absolute Gasteiger partial charge is 0.271 e. The molecule has 3 rings (SSSR count). The van der Waals surface area contributed by atoms with Crippen molar-refractivity contribution in [3.05, 3.63) is 68.8 Å². The van der Waals surface area contributed by atoms with Crippen LogP contribution in [-0.2, 0) is 11.2 Å². The molecule has 2 amide bonds. The van der Waals surface area contributed by atoms with E-state index in [1.807, 2.05) is 30.3 Å². The van der Waals surface area contributed by atoms with E-state index in [0.29, 0.717) is 23.2 Å². The number of aromatic nitrogens is 2. The molecule has 8 nitrogen and oxygen atoms in total. The molecular weight excluding hydrogens is 358 g/mol. The van der Waals surface area contributed by atoms with Gasteiger partial charge in [0.05, 0.1) is 5.56 Å². The number of amides is 2. The predicted octanol–water partition coefficient (Wildman–Crippen LogP) is 1.74. The fourth-order valence-electron chi connectivity index (χ4n) is 3.17. The number of hydrazine groups is 1. The van der Waals surface area contributed by atoms with Crippen LogP contribution in [-0.4, -0.2) is 21.8 Å². The molecule has 8 heteroatoms. The van der Waals surface area contributed by atoms with Gasteiger partial charge in [-0.3, -0.25) is 25.2 Å². The molecule has 28 heavy (non-hydrogen) atoms. The maximum atomic E-state index is 12.3. The van der Waals surface area contributed by atoms with E-state index in [1.54, 1.807) is 20.0 Å². The zero-order valence-corrected chi connectivity index (χ0v) is 15.5. The lowest BCUT2D eigenvalue weighted by atomic mass is 9.99. The van der Waals surface area contributed by atoms with Crippen molar-refractivity contribution in [1.29, 1.82) is 5.26 Å². The molecule has 2 aromatic heterocycles. The lowest BCUT2D eigenvalue weighted by Gasteiger charge is -2.11. The molecule has 0 bridgehead atoms. The number of para-hydroxylation sites is 1. The molecule has 0 saturated carbocycles. The van der Waals surface area contributed by atoms with Crippen molar-refractivity contribution in [1.82, 2.24) is 20.8 Å². The number of nitriles is 1. The Bertz CT molecular complexity index is 1170. The van der Waals surface area contributed by atoms with E-state index in [0.717, 1.165) is 16.5 Å². The first-order valence-corrected chi connectivity index (χ1v) is 8.70. The summed E-state index contributed by atoms with van der Waals surface area (Å²) < 4.78 is 0. The molecule has 2 heterocycles. The van der Waals surface area contributed by atoms with Crippen molar-refractivity contribution in [2.45, 2.75) is 26.7 Å². The third-order valence-corrected chi connectivity index (χ3v) is 4.67. The van der Waals surface area contributed by atoms with Gasteiger partial charge in [0, 0.05) is 29.2 Å². The summed E-state index contributed by atoms with van der Waals surface area (Å²) >= 11 is 0. The summed E-state index contributed by atoms with van der Waals surface area (Å²) in [4.78, 5) is 41.8. The van der Waals surface area contributed by atoms with E-state index < -0.39 is 11.5 Å². The first-order valence-electron chi connectivity index (χ1n) is 8.70. The van der Waals surface area contributed by atoms with Crippen LogP contribution in [0.3, 0.4) is 0 Å². The third kappa shape index (κ3) is 3.64. The van der Waals surface area contributed by atoms with E-state index in [-0.39, 0.29) is 17.9 Å². The second kappa shape index (κ2) is 7.80. The van der Waals surface area contributed by atoms with Crippen molar-refractivity contribution < 1.29 is 9.59 Å². The Morgan fingerprint density at radius 1 is 1.18 bits per heavy atom. The highest BCUT2D eigenvalue weighted by molar-refractivity contribution is 6.07. The Labute approximate surface area is 160 Å². The Hall–Kier alpha value is -3.86. The monoisotopic (exact) mass is 377 g/mol. The van der Waals surface area contributed by atoms with Crippen molar-refractivity contribution >= 4 is 22.7 Å². The van der Waals surface area contributed by atoms with E-state index in [9.17, 15) is 14.4 Å². The van der Waals surface area contributed by atoms with Crippen LogP contribution in [0.1, 0.15) is 39.2 Å². The van der Waals surface area contributed by atoms with Gasteiger partial charge in [-0.15, -0.1) is 0 Å². The van der Waals surface area contributed by atoms with Gasteiger partial charge < -0.3 is 9.97 Å². The first kappa shape index (κ1) is 18.9. The summed E-state index contributed by atoms with van der Waals surface area (Å²) in [7, 11) is 0. The number of hydrogen-bond acceptors (Lipinski definition) is 4. The van der Waals surface area contributed by atoms with E-state index in [1.165, 1.54) is 0 Å². The highest BCUT2D eigenvalue weighted by Crippen LogP contribution is 2.17. The summed E-state index contributed by atoms with van der Waals surface area (Å²) in [5.74, 6) is -0.800. The second-order valence-corrected chi connectivity index (χ2v) is 6.42. The molecule has 0 aliphatic carbocycles. The van der Waals surface area contributed by atoms with Gasteiger partial charge in [-0.2, -0.15) is 5.26 Å². The average molecular weight is 377 g/mol. The van der Waals surface area contributed by atoms with Crippen LogP contribution >= 0.6 is 0 Å². The van der Waals surface area contributed by atoms with E-state index in [2.05, 4.69) is 20.8 Å². The number of carbonyl (C=O) groups excluding carboxylic acids is 2. The standard InChI is InChI=1S/C20H19N5O3/c1-11-13(12(2)23-19(27)15(11)9-21)7-8-18(26)24-25-20(28)16-10-22-17-6-4-3-5-14(16)17/h3-6,10,22H,7-8H2,1-2H3,(H,23,27)(H,24,26)(H,25,28). The van der Waals surface area contributed by atoms with Crippen LogP contribution in [0.5, 0.6) is 0 Å². The minimum Gasteiger partial charge on any atom is -0.360 e. The van der Waals surface area contributed by atoms with Crippen LogP contribution in [0.15, 0.2) is 35.3 Å². The average Bonchev–Trinajstić information content (AvgIpc) is 3.10. The fourth-order valence-corrected chi connectivity index (χ4v) is 3.17. The van der Waals surface area contributed by atoms with Gasteiger partial charge in [-0.05, 0) is 37.5 Å². The second-order valence-electron chi connectivity index (χ2n) is 6.42. The Morgan fingerprint density at radius 3 is 2.68 bits per heavy atom. The summed E-state index contributed by atoms with van der Waals surface area (Å²) in [6, 6.07) is 9.25. The summed E-state index contributed by atoms with van der Waals surface area (Å²) in [5, 5.41) is 9.87. The number of benzene rings is 1. The van der Waals surface area contributed by atoms with Gasteiger partial charge >= 0.3 is 0 Å². The highest BCUT2D eigenvalue weighted by atomic mass is 16.2. The van der Waals surface area contributed by atoms with Gasteiger partial charge in [0.15, 0.2) is 0 Å². The number of aryl methyl sites for hydroxylation is 1. The number of H-pyrrole nitrogens is 2. The Kier molecular flexibility index (Phi) is 5.27. The molecule has 142 valence electrons. The normalized spacial score (nSPS) is 10.5. The third-order valence-electron chi connectivity index (χ3n) is 4.67. The van der Waals surface area contributed by atoms with Crippen LogP contribution in [0.4, 0.5) is 0 Å². The molecular formula is C20H19N5O3. The first-order chi connectivity index (χ1) is 13.4. The molecule has 0 fully saturated rings. The summed E-state index contributed by atoms with van der Waals surface area (Å²) in [5.41, 5.74) is 7.61. The Morgan fingerprint density at radius 2 is 1.93 bits per heavy atom. The minimum atomic E-state index is -0.434. The topological polar surface area (TPSA) is 131 Å². The number of carbonyl (C=O) groups is 2. The number of pyridine rings is 1. The SMILES string of the molecule is Cc1[nH]c(=O)c(C#N)c(C)c1CCC(=O)NNC(=O)c1c[nH]c2ccccc12. The van der Waals surface area contributed by atoms with Crippen molar-refractivity contribution in [2.24, 2.45) is 0 Å². The van der Waals surface area contributed by atoms with Gasteiger partial charge in [-0.1, -0.05) is 18.2 Å². The minimum absolute atomic E-state index is 0.0497. The summed E-state index contributed by atoms with van der Waals surface area (Å²) in [6.07, 6.45) is 2.01. The van der Waals surface area contributed by atoms with Gasteiger partial charge in [0.2, 0.25) is 5.91 Å². The number of hydrogen-bond donors (Lipinski definition) is 4. The lowest BCUT2D eigenvalue weighted by molar-refractivity contribution is -0.121. The maximum absolute atomic E-state index is 12.3. The zero-order valence-electron chi connectivity index (χ0n) is 15.5. The number of aromatic amines is 2. The number of nitrogens with one attached hydrogen (secondary N) is 4. The predicted molar refractivity (Wildman–Crippen MR) is 103 cm³/mol. The van der Waals surface area contributed by atoms with E-state index >= 15 is 0 Å². The summed E-state index contributed by atoms with van der Waals surface area (Å²) in [6.45, 7) is 3.41. The van der Waals surface area contributed by atoms with E-state index in [4.69, 9.17) is 5.26 Å². The largest absolute Gasteiger partial charge is 0.360 e. The van der Waals surface area contributed by atoms with Crippen LogP contribution in [0.25, 0.3) is 10.9 Å². The number of fused-ring (bicyclic) bond motifs is 1. The van der Waals surface area contributed by atoms with Gasteiger partial charge in [-0.25, -0.2) is 0 Å². The Balaban J connectivity index is 1.62. The lowest BCUT2D eigenvalue weighted by Crippen LogP contribution is -2.41. The maximum Gasteiger partial charge on any atom is 0.271 e. The van der Waals surface area contributed by atoms with Crippen molar-refractivity contribution in [3.63, 3.8) is 0 Å². The fraction of sp³-hybridized carbons (Fsp3) is 0.200. The van der Waals surface area contributed by atoms with Crippen LogP contribution in [0.2, 0.25) is 0 Å².